The second kappa shape index (κ2) is 4.40. The van der Waals surface area contributed by atoms with Crippen LogP contribution in [0.15, 0.2) is 42.5 Å². The molecule has 0 fully saturated rings. The number of carboxylic acid groups (broad SMARTS) is 1. The van der Waals surface area contributed by atoms with Gasteiger partial charge < -0.3 is 15.8 Å². The number of aromatic nitrogens is 1. The van der Waals surface area contributed by atoms with Gasteiger partial charge in [-0.15, -0.1) is 0 Å². The van der Waals surface area contributed by atoms with Crippen LogP contribution in [0.1, 0.15) is 5.56 Å². The molecule has 0 saturated heterocycles. The van der Waals surface area contributed by atoms with E-state index in [0.29, 0.717) is 6.42 Å². The summed E-state index contributed by atoms with van der Waals surface area (Å²) in [5.74, 6) is -0.973. The Labute approximate surface area is 109 Å². The van der Waals surface area contributed by atoms with Gasteiger partial charge in [0.1, 0.15) is 6.04 Å². The first kappa shape index (κ1) is 11.7. The zero-order valence-electron chi connectivity index (χ0n) is 10.3. The molecule has 3 rings (SSSR count). The topological polar surface area (TPSA) is 79.1 Å². The molecule has 19 heavy (non-hydrogen) atoms. The van der Waals surface area contributed by atoms with Crippen LogP contribution < -0.4 is 5.73 Å². The van der Waals surface area contributed by atoms with E-state index in [0.717, 1.165) is 27.4 Å². The van der Waals surface area contributed by atoms with Crippen molar-refractivity contribution in [3.8, 4) is 0 Å². The fourth-order valence-electron chi connectivity index (χ4n) is 2.36. The zero-order valence-corrected chi connectivity index (χ0v) is 10.3. The van der Waals surface area contributed by atoms with Crippen molar-refractivity contribution in [2.75, 3.05) is 0 Å². The van der Waals surface area contributed by atoms with Crippen LogP contribution in [0.4, 0.5) is 0 Å². The minimum atomic E-state index is -0.973. The standard InChI is InChI=1S/C15H14N2O2/c16-12(15(18)19)8-9-5-6-14-11(7-9)10-3-1-2-4-13(10)17-14/h1-7,12,17H,8,16H2,(H,18,19). The number of fused-ring (bicyclic) bond motifs is 3. The van der Waals surface area contributed by atoms with Crippen LogP contribution in [0, 0.1) is 0 Å². The minimum Gasteiger partial charge on any atom is -0.480 e. The number of H-pyrrole nitrogens is 1. The molecule has 1 aromatic heterocycles. The lowest BCUT2D eigenvalue weighted by Gasteiger charge is -2.06. The summed E-state index contributed by atoms with van der Waals surface area (Å²) in [5, 5.41) is 11.1. The Hall–Kier alpha value is -2.33. The van der Waals surface area contributed by atoms with Gasteiger partial charge in [0.15, 0.2) is 0 Å². The first-order chi connectivity index (χ1) is 9.15. The van der Waals surface area contributed by atoms with Crippen LogP contribution in [0.25, 0.3) is 21.8 Å². The highest BCUT2D eigenvalue weighted by atomic mass is 16.4. The van der Waals surface area contributed by atoms with Crippen molar-refractivity contribution in [3.63, 3.8) is 0 Å². The molecule has 0 spiro atoms. The van der Waals surface area contributed by atoms with Crippen molar-refractivity contribution in [1.29, 1.82) is 0 Å². The molecule has 0 saturated carbocycles. The Balaban J connectivity index is 2.09. The number of carbonyl (C=O) groups is 1. The van der Waals surface area contributed by atoms with Crippen molar-refractivity contribution in [1.82, 2.24) is 4.98 Å². The Kier molecular flexibility index (Phi) is 2.72. The summed E-state index contributed by atoms with van der Waals surface area (Å²) in [5.41, 5.74) is 8.64. The normalized spacial score (nSPS) is 12.9. The maximum absolute atomic E-state index is 10.8. The predicted octanol–water partition coefficient (Wildman–Crippen LogP) is 2.28. The number of nitrogens with one attached hydrogen (secondary N) is 1. The van der Waals surface area contributed by atoms with E-state index in [-0.39, 0.29) is 0 Å². The smallest absolute Gasteiger partial charge is 0.320 e. The molecule has 0 amide bonds. The molecule has 4 N–H and O–H groups in total. The van der Waals surface area contributed by atoms with Gasteiger partial charge in [-0.25, -0.2) is 0 Å². The third-order valence-corrected chi connectivity index (χ3v) is 3.34. The van der Waals surface area contributed by atoms with E-state index < -0.39 is 12.0 Å². The SMILES string of the molecule is NC(Cc1ccc2[nH]c3ccccc3c2c1)C(=O)O. The van der Waals surface area contributed by atoms with Crippen LogP contribution >= 0.6 is 0 Å². The van der Waals surface area contributed by atoms with Gasteiger partial charge in [-0.3, -0.25) is 4.79 Å². The second-order valence-electron chi connectivity index (χ2n) is 4.70. The minimum absolute atomic E-state index is 0.338. The van der Waals surface area contributed by atoms with Crippen molar-refractivity contribution < 1.29 is 9.90 Å². The van der Waals surface area contributed by atoms with Crippen molar-refractivity contribution in [2.24, 2.45) is 5.73 Å². The molecule has 0 aliphatic rings. The van der Waals surface area contributed by atoms with E-state index in [9.17, 15) is 4.79 Å². The third-order valence-electron chi connectivity index (χ3n) is 3.34. The molecular formula is C15H14N2O2. The van der Waals surface area contributed by atoms with E-state index in [1.54, 1.807) is 0 Å². The highest BCUT2D eigenvalue weighted by Gasteiger charge is 2.13. The molecule has 1 atom stereocenters. The summed E-state index contributed by atoms with van der Waals surface area (Å²) in [6.45, 7) is 0. The lowest BCUT2D eigenvalue weighted by atomic mass is 10.0. The molecule has 0 bridgehead atoms. The van der Waals surface area contributed by atoms with E-state index in [4.69, 9.17) is 10.8 Å². The number of benzene rings is 2. The largest absolute Gasteiger partial charge is 0.480 e. The van der Waals surface area contributed by atoms with Crippen LogP contribution in [0.3, 0.4) is 0 Å². The van der Waals surface area contributed by atoms with E-state index in [2.05, 4.69) is 11.1 Å². The van der Waals surface area contributed by atoms with Gasteiger partial charge in [-0.2, -0.15) is 0 Å². The number of hydrogen-bond donors (Lipinski definition) is 3. The van der Waals surface area contributed by atoms with Gasteiger partial charge in [-0.05, 0) is 30.2 Å². The maximum atomic E-state index is 10.8. The molecule has 3 aromatic rings. The molecule has 4 nitrogen and oxygen atoms in total. The number of hydrogen-bond acceptors (Lipinski definition) is 2. The summed E-state index contributed by atoms with van der Waals surface area (Å²) in [4.78, 5) is 14.1. The van der Waals surface area contributed by atoms with Crippen molar-refractivity contribution >= 4 is 27.8 Å². The summed E-state index contributed by atoms with van der Waals surface area (Å²) in [7, 11) is 0. The Morgan fingerprint density at radius 2 is 1.89 bits per heavy atom. The molecule has 96 valence electrons. The van der Waals surface area contributed by atoms with Crippen LogP contribution in [0.2, 0.25) is 0 Å². The van der Waals surface area contributed by atoms with Gasteiger partial charge in [0.05, 0.1) is 0 Å². The Morgan fingerprint density at radius 1 is 1.16 bits per heavy atom. The number of aromatic amines is 1. The number of para-hydroxylation sites is 1. The molecule has 0 aliphatic heterocycles. The summed E-state index contributed by atoms with van der Waals surface area (Å²) in [6, 6.07) is 13.1. The fourth-order valence-corrected chi connectivity index (χ4v) is 2.36. The van der Waals surface area contributed by atoms with Crippen LogP contribution in [-0.4, -0.2) is 22.1 Å². The number of nitrogens with two attached hydrogens (primary N) is 1. The third kappa shape index (κ3) is 2.06. The number of carboxylic acids is 1. The predicted molar refractivity (Wildman–Crippen MR) is 75.1 cm³/mol. The first-order valence-electron chi connectivity index (χ1n) is 6.13. The molecule has 1 unspecified atom stereocenters. The molecule has 0 radical (unpaired) electrons. The molecule has 1 heterocycles. The lowest BCUT2D eigenvalue weighted by molar-refractivity contribution is -0.138. The summed E-state index contributed by atoms with van der Waals surface area (Å²) >= 11 is 0. The highest BCUT2D eigenvalue weighted by Crippen LogP contribution is 2.26. The second-order valence-corrected chi connectivity index (χ2v) is 4.70. The van der Waals surface area contributed by atoms with Crippen molar-refractivity contribution in [2.45, 2.75) is 12.5 Å². The number of aliphatic carboxylic acids is 1. The highest BCUT2D eigenvalue weighted by molar-refractivity contribution is 6.07. The summed E-state index contributed by atoms with van der Waals surface area (Å²) < 4.78 is 0. The van der Waals surface area contributed by atoms with Gasteiger partial charge >= 0.3 is 5.97 Å². The van der Waals surface area contributed by atoms with E-state index >= 15 is 0 Å². The molecule has 4 heteroatoms. The van der Waals surface area contributed by atoms with E-state index in [1.165, 1.54) is 0 Å². The maximum Gasteiger partial charge on any atom is 0.320 e. The Morgan fingerprint density at radius 3 is 2.68 bits per heavy atom. The monoisotopic (exact) mass is 254 g/mol. The first-order valence-corrected chi connectivity index (χ1v) is 6.13. The Bertz CT molecular complexity index is 761. The van der Waals surface area contributed by atoms with Gasteiger partial charge in [0.25, 0.3) is 0 Å². The molecule has 2 aromatic carbocycles. The van der Waals surface area contributed by atoms with Gasteiger partial charge in [0, 0.05) is 21.8 Å². The van der Waals surface area contributed by atoms with Crippen LogP contribution in [0.5, 0.6) is 0 Å². The number of rotatable bonds is 3. The zero-order chi connectivity index (χ0) is 13.4. The fraction of sp³-hybridized carbons (Fsp3) is 0.133. The molecular weight excluding hydrogens is 240 g/mol. The van der Waals surface area contributed by atoms with E-state index in [1.807, 2.05) is 36.4 Å². The van der Waals surface area contributed by atoms with Crippen molar-refractivity contribution in [3.05, 3.63) is 48.0 Å². The van der Waals surface area contributed by atoms with Gasteiger partial charge in [0.2, 0.25) is 0 Å². The average Bonchev–Trinajstić information content (AvgIpc) is 2.76. The van der Waals surface area contributed by atoms with Gasteiger partial charge in [-0.1, -0.05) is 24.3 Å². The molecule has 0 aliphatic carbocycles. The lowest BCUT2D eigenvalue weighted by Crippen LogP contribution is -2.32. The summed E-state index contributed by atoms with van der Waals surface area (Å²) in [6.07, 6.45) is 0.338. The van der Waals surface area contributed by atoms with Crippen LogP contribution in [-0.2, 0) is 11.2 Å². The average molecular weight is 254 g/mol. The quantitative estimate of drug-likeness (QED) is 0.670.